The van der Waals surface area contributed by atoms with Gasteiger partial charge in [-0.25, -0.2) is 0 Å². The zero-order chi connectivity index (χ0) is 13.1. The number of anilines is 1. The van der Waals surface area contributed by atoms with E-state index >= 15 is 0 Å². The molecule has 1 fully saturated rings. The molecule has 1 aliphatic carbocycles. The lowest BCUT2D eigenvalue weighted by molar-refractivity contribution is 0.0995. The summed E-state index contributed by atoms with van der Waals surface area (Å²) in [6, 6.07) is 3.06. The number of rotatable bonds is 5. The summed E-state index contributed by atoms with van der Waals surface area (Å²) in [6.45, 7) is 0.550. The molecule has 1 amide bonds. The highest BCUT2D eigenvalue weighted by molar-refractivity contribution is 6.33. The Kier molecular flexibility index (Phi) is 3.97. The number of carbonyl (C=O) groups is 1. The van der Waals surface area contributed by atoms with Crippen LogP contribution in [0.25, 0.3) is 0 Å². The maximum atomic E-state index is 11.3. The second-order valence-corrected chi connectivity index (χ2v) is 5.08. The number of nitrogen functional groups attached to an aromatic ring is 1. The largest absolute Gasteiger partial charge is 0.491 e. The molecule has 18 heavy (non-hydrogen) atoms. The van der Waals surface area contributed by atoms with Crippen LogP contribution in [0.15, 0.2) is 12.1 Å². The highest BCUT2D eigenvalue weighted by Crippen LogP contribution is 2.33. The first-order valence-corrected chi connectivity index (χ1v) is 6.47. The molecule has 1 aromatic rings. The number of hydrogen-bond donors (Lipinski definition) is 2. The molecule has 0 heterocycles. The number of benzene rings is 1. The third-order valence-electron chi connectivity index (χ3n) is 3.33. The first kappa shape index (κ1) is 13.0. The molecule has 0 aliphatic heterocycles. The fraction of sp³-hybridized carbons (Fsp3) is 0.462. The lowest BCUT2D eigenvalue weighted by atomic mass is 9.83. The van der Waals surface area contributed by atoms with E-state index in [9.17, 15) is 4.79 Å². The molecule has 0 bridgehead atoms. The Morgan fingerprint density at radius 2 is 2.17 bits per heavy atom. The Bertz CT molecular complexity index is 459. The van der Waals surface area contributed by atoms with Crippen LogP contribution < -0.4 is 16.2 Å². The molecule has 4 nitrogen and oxygen atoms in total. The lowest BCUT2D eigenvalue weighted by Crippen LogP contribution is -2.17. The van der Waals surface area contributed by atoms with Crippen LogP contribution >= 0.6 is 11.6 Å². The Balaban J connectivity index is 2.07. The standard InChI is InChI=1S/C13H17ClN2O2/c14-11-7-9(15)6-10(13(16)17)12(11)18-5-4-8-2-1-3-8/h6-8H,1-5,15H2,(H2,16,17). The first-order chi connectivity index (χ1) is 8.58. The second kappa shape index (κ2) is 5.48. The summed E-state index contributed by atoms with van der Waals surface area (Å²) in [6.07, 6.45) is 4.82. The molecule has 0 atom stereocenters. The van der Waals surface area contributed by atoms with Crippen LogP contribution in [0.3, 0.4) is 0 Å². The Labute approximate surface area is 111 Å². The minimum Gasteiger partial charge on any atom is -0.491 e. The number of primary amides is 1. The zero-order valence-corrected chi connectivity index (χ0v) is 10.9. The minimum atomic E-state index is -0.581. The van der Waals surface area contributed by atoms with Crippen LogP contribution in [0.5, 0.6) is 5.75 Å². The van der Waals surface area contributed by atoms with E-state index in [-0.39, 0.29) is 5.56 Å². The number of halogens is 1. The van der Waals surface area contributed by atoms with Gasteiger partial charge in [-0.15, -0.1) is 0 Å². The van der Waals surface area contributed by atoms with Crippen LogP contribution in [0.4, 0.5) is 5.69 Å². The molecular weight excluding hydrogens is 252 g/mol. The van der Waals surface area contributed by atoms with Crippen LogP contribution in [0, 0.1) is 5.92 Å². The summed E-state index contributed by atoms with van der Waals surface area (Å²) in [7, 11) is 0. The third kappa shape index (κ3) is 2.88. The molecule has 0 aromatic heterocycles. The fourth-order valence-corrected chi connectivity index (χ4v) is 2.34. The highest BCUT2D eigenvalue weighted by Gasteiger charge is 2.19. The molecule has 5 heteroatoms. The topological polar surface area (TPSA) is 78.3 Å². The maximum Gasteiger partial charge on any atom is 0.252 e. The van der Waals surface area contributed by atoms with Crippen LogP contribution in [-0.2, 0) is 0 Å². The van der Waals surface area contributed by atoms with Crippen LogP contribution in [0.2, 0.25) is 5.02 Å². The van der Waals surface area contributed by atoms with E-state index in [1.54, 1.807) is 6.07 Å². The van der Waals surface area contributed by atoms with Crippen molar-refractivity contribution >= 4 is 23.2 Å². The number of amides is 1. The van der Waals surface area contributed by atoms with E-state index in [4.69, 9.17) is 27.8 Å². The van der Waals surface area contributed by atoms with Crippen molar-refractivity contribution in [3.8, 4) is 5.75 Å². The van der Waals surface area contributed by atoms with E-state index in [1.807, 2.05) is 0 Å². The summed E-state index contributed by atoms with van der Waals surface area (Å²) in [4.78, 5) is 11.3. The summed E-state index contributed by atoms with van der Waals surface area (Å²) in [5.41, 5.74) is 11.6. The summed E-state index contributed by atoms with van der Waals surface area (Å²) in [5.74, 6) is 0.509. The van der Waals surface area contributed by atoms with Crippen molar-refractivity contribution in [3.63, 3.8) is 0 Å². The van der Waals surface area contributed by atoms with Crippen molar-refractivity contribution in [3.05, 3.63) is 22.7 Å². The van der Waals surface area contributed by atoms with Gasteiger partial charge in [-0.3, -0.25) is 4.79 Å². The predicted molar refractivity (Wildman–Crippen MR) is 71.8 cm³/mol. The van der Waals surface area contributed by atoms with Gasteiger partial charge in [0.05, 0.1) is 17.2 Å². The van der Waals surface area contributed by atoms with Crippen molar-refractivity contribution in [1.82, 2.24) is 0 Å². The van der Waals surface area contributed by atoms with Gasteiger partial charge in [-0.2, -0.15) is 0 Å². The van der Waals surface area contributed by atoms with Gasteiger partial charge in [0.25, 0.3) is 5.91 Å². The quantitative estimate of drug-likeness (QED) is 0.806. The predicted octanol–water partition coefficient (Wildman–Crippen LogP) is 2.59. The molecule has 0 unspecified atom stereocenters. The fourth-order valence-electron chi connectivity index (χ4n) is 2.05. The molecule has 1 saturated carbocycles. The van der Waals surface area contributed by atoms with E-state index < -0.39 is 5.91 Å². The Hall–Kier alpha value is -1.42. The summed E-state index contributed by atoms with van der Waals surface area (Å²) >= 11 is 6.03. The zero-order valence-electron chi connectivity index (χ0n) is 10.1. The molecule has 0 spiro atoms. The van der Waals surface area contributed by atoms with Crippen molar-refractivity contribution < 1.29 is 9.53 Å². The number of carbonyl (C=O) groups excluding carboxylic acids is 1. The molecule has 1 aromatic carbocycles. The lowest BCUT2D eigenvalue weighted by Gasteiger charge is -2.25. The Morgan fingerprint density at radius 3 is 2.72 bits per heavy atom. The number of nitrogens with two attached hydrogens (primary N) is 2. The van der Waals surface area contributed by atoms with Gasteiger partial charge in [-0.1, -0.05) is 30.9 Å². The smallest absolute Gasteiger partial charge is 0.252 e. The molecule has 0 radical (unpaired) electrons. The van der Waals surface area contributed by atoms with Crippen molar-refractivity contribution in [2.45, 2.75) is 25.7 Å². The van der Waals surface area contributed by atoms with Crippen molar-refractivity contribution in [2.75, 3.05) is 12.3 Å². The molecule has 1 aliphatic rings. The van der Waals surface area contributed by atoms with Crippen molar-refractivity contribution in [2.24, 2.45) is 11.7 Å². The molecular formula is C13H17ClN2O2. The van der Waals surface area contributed by atoms with Gasteiger partial charge in [0.1, 0.15) is 0 Å². The monoisotopic (exact) mass is 268 g/mol. The van der Waals surface area contributed by atoms with Crippen LogP contribution in [0.1, 0.15) is 36.0 Å². The van der Waals surface area contributed by atoms with E-state index in [0.717, 1.165) is 12.3 Å². The van der Waals surface area contributed by atoms with Gasteiger partial charge in [-0.05, 0) is 24.5 Å². The number of hydrogen-bond acceptors (Lipinski definition) is 3. The van der Waals surface area contributed by atoms with Gasteiger partial charge in [0, 0.05) is 5.69 Å². The molecule has 2 rings (SSSR count). The molecule has 4 N–H and O–H groups in total. The SMILES string of the molecule is NC(=O)c1cc(N)cc(Cl)c1OCCC1CCC1. The molecule has 0 saturated heterocycles. The Morgan fingerprint density at radius 1 is 1.44 bits per heavy atom. The highest BCUT2D eigenvalue weighted by atomic mass is 35.5. The normalized spacial score (nSPS) is 15.2. The average molecular weight is 269 g/mol. The van der Waals surface area contributed by atoms with Gasteiger partial charge in [0.2, 0.25) is 0 Å². The summed E-state index contributed by atoms with van der Waals surface area (Å²) in [5, 5.41) is 0.331. The van der Waals surface area contributed by atoms with Gasteiger partial charge < -0.3 is 16.2 Å². The van der Waals surface area contributed by atoms with E-state index in [2.05, 4.69) is 0 Å². The van der Waals surface area contributed by atoms with Crippen molar-refractivity contribution in [1.29, 1.82) is 0 Å². The second-order valence-electron chi connectivity index (χ2n) is 4.68. The summed E-state index contributed by atoms with van der Waals surface area (Å²) < 4.78 is 5.60. The minimum absolute atomic E-state index is 0.244. The number of ether oxygens (including phenoxy) is 1. The molecule has 98 valence electrons. The maximum absolute atomic E-state index is 11.3. The van der Waals surface area contributed by atoms with Crippen LogP contribution in [-0.4, -0.2) is 12.5 Å². The van der Waals surface area contributed by atoms with E-state index in [1.165, 1.54) is 25.3 Å². The van der Waals surface area contributed by atoms with E-state index in [0.29, 0.717) is 23.1 Å². The third-order valence-corrected chi connectivity index (χ3v) is 3.61. The average Bonchev–Trinajstić information content (AvgIpc) is 2.23. The first-order valence-electron chi connectivity index (χ1n) is 6.09. The van der Waals surface area contributed by atoms with Gasteiger partial charge >= 0.3 is 0 Å². The van der Waals surface area contributed by atoms with Gasteiger partial charge in [0.15, 0.2) is 5.75 Å².